The first-order chi connectivity index (χ1) is 21.4. The van der Waals surface area contributed by atoms with E-state index in [1.807, 2.05) is 43.0 Å². The van der Waals surface area contributed by atoms with Crippen molar-refractivity contribution in [2.45, 2.75) is 71.8 Å². The van der Waals surface area contributed by atoms with Gasteiger partial charge in [-0.15, -0.1) is 0 Å². The summed E-state index contributed by atoms with van der Waals surface area (Å²) in [5.74, 6) is -0.394. The Bertz CT molecular complexity index is 1520. The van der Waals surface area contributed by atoms with Crippen LogP contribution in [0.5, 0.6) is 0 Å². The van der Waals surface area contributed by atoms with E-state index in [0.717, 1.165) is 11.3 Å². The molecule has 0 aromatic heterocycles. The van der Waals surface area contributed by atoms with Crippen molar-refractivity contribution in [3.05, 3.63) is 83.9 Å². The monoisotopic (exact) mass is 615 g/mol. The number of alkyl carbamates (subject to hydrolysis) is 1. The minimum atomic E-state index is -0.680. The minimum Gasteiger partial charge on any atom is -0.444 e. The van der Waals surface area contributed by atoms with Crippen molar-refractivity contribution in [2.75, 3.05) is 27.4 Å². The Balaban J connectivity index is 1.46. The van der Waals surface area contributed by atoms with Gasteiger partial charge in [-0.05, 0) is 87.7 Å². The zero-order valence-corrected chi connectivity index (χ0v) is 26.3. The number of rotatable bonds is 8. The molecular formula is C34H41N5O6. The lowest BCUT2D eigenvalue weighted by atomic mass is 9.90. The Labute approximate surface area is 263 Å². The first-order valence-corrected chi connectivity index (χ1v) is 14.9. The van der Waals surface area contributed by atoms with Crippen LogP contribution in [0.4, 0.5) is 32.3 Å². The second-order valence-electron chi connectivity index (χ2n) is 11.9. The fourth-order valence-electron chi connectivity index (χ4n) is 5.19. The number of amides is 4. The largest absolute Gasteiger partial charge is 0.444 e. The van der Waals surface area contributed by atoms with Gasteiger partial charge in [0.1, 0.15) is 18.8 Å². The molecule has 0 unspecified atom stereocenters. The van der Waals surface area contributed by atoms with Crippen LogP contribution in [0, 0.1) is 0 Å². The van der Waals surface area contributed by atoms with E-state index in [1.165, 1.54) is 0 Å². The van der Waals surface area contributed by atoms with Crippen LogP contribution in [-0.4, -0.2) is 42.2 Å². The number of fused-ring (bicyclic) bond motifs is 1. The third-order valence-electron chi connectivity index (χ3n) is 7.20. The van der Waals surface area contributed by atoms with Crippen molar-refractivity contribution in [3.8, 4) is 0 Å². The van der Waals surface area contributed by atoms with Crippen LogP contribution >= 0.6 is 0 Å². The molecule has 4 amide bonds. The molecule has 4 N–H and O–H groups in total. The van der Waals surface area contributed by atoms with Crippen molar-refractivity contribution in [2.24, 2.45) is 0 Å². The highest BCUT2D eigenvalue weighted by Gasteiger charge is 2.38. The van der Waals surface area contributed by atoms with Crippen LogP contribution in [0.15, 0.2) is 72.8 Å². The van der Waals surface area contributed by atoms with Crippen molar-refractivity contribution >= 4 is 46.8 Å². The van der Waals surface area contributed by atoms with Crippen molar-refractivity contribution < 1.29 is 28.7 Å². The molecular weight excluding hydrogens is 574 g/mol. The minimum absolute atomic E-state index is 0.0108. The molecule has 45 heavy (non-hydrogen) atoms. The van der Waals surface area contributed by atoms with Crippen molar-refractivity contribution in [1.82, 2.24) is 5.32 Å². The molecule has 0 aliphatic carbocycles. The molecule has 0 radical (unpaired) electrons. The number of nitrogens with one attached hydrogen (secondary N) is 2. The third-order valence-corrected chi connectivity index (χ3v) is 7.20. The number of hydrogen-bond donors (Lipinski definition) is 3. The molecule has 3 aromatic carbocycles. The molecule has 2 atom stereocenters. The fourth-order valence-corrected chi connectivity index (χ4v) is 5.19. The van der Waals surface area contributed by atoms with Gasteiger partial charge in [-0.2, -0.15) is 0 Å². The summed E-state index contributed by atoms with van der Waals surface area (Å²) in [6.45, 7) is 8.77. The van der Waals surface area contributed by atoms with Gasteiger partial charge in [-0.1, -0.05) is 37.3 Å². The molecule has 0 fully saturated rings. The van der Waals surface area contributed by atoms with Gasteiger partial charge in [0.25, 0.3) is 0 Å². The summed E-state index contributed by atoms with van der Waals surface area (Å²) in [4.78, 5) is 54.2. The molecule has 238 valence electrons. The zero-order chi connectivity index (χ0) is 32.7. The highest BCUT2D eigenvalue weighted by Crippen LogP contribution is 2.42. The van der Waals surface area contributed by atoms with Gasteiger partial charge in [-0.25, -0.2) is 9.59 Å². The average molecular weight is 616 g/mol. The Morgan fingerprint density at radius 3 is 2.29 bits per heavy atom. The molecule has 4 rings (SSSR count). The number of anilines is 4. The first kappa shape index (κ1) is 32.8. The molecule has 11 heteroatoms. The smallest absolute Gasteiger partial charge is 0.415 e. The number of ether oxygens (including phenoxy) is 2. The lowest BCUT2D eigenvalue weighted by Crippen LogP contribution is -2.47. The van der Waals surface area contributed by atoms with Crippen LogP contribution in [-0.2, 0) is 25.7 Å². The summed E-state index contributed by atoms with van der Waals surface area (Å²) in [6, 6.07) is 21.0. The first-order valence-electron chi connectivity index (χ1n) is 14.9. The van der Waals surface area contributed by atoms with E-state index in [4.69, 9.17) is 15.2 Å². The molecule has 0 spiro atoms. The lowest BCUT2D eigenvalue weighted by molar-refractivity contribution is -0.119. The Hall–Kier alpha value is -5.06. The second-order valence-corrected chi connectivity index (χ2v) is 11.9. The summed E-state index contributed by atoms with van der Waals surface area (Å²) in [5.41, 5.74) is 9.33. The quantitative estimate of drug-likeness (QED) is 0.258. The van der Waals surface area contributed by atoms with Crippen LogP contribution in [0.25, 0.3) is 0 Å². The molecule has 1 aliphatic heterocycles. The van der Waals surface area contributed by atoms with E-state index in [2.05, 4.69) is 10.6 Å². The predicted octanol–water partition coefficient (Wildman–Crippen LogP) is 6.15. The molecule has 11 nitrogen and oxygen atoms in total. The van der Waals surface area contributed by atoms with Crippen LogP contribution in [0.3, 0.4) is 0 Å². The maximum atomic E-state index is 13.8. The summed E-state index contributed by atoms with van der Waals surface area (Å²) >= 11 is 0. The average Bonchev–Trinajstić information content (AvgIpc) is 2.99. The summed E-state index contributed by atoms with van der Waals surface area (Å²) in [5, 5.41) is 5.12. The zero-order valence-electron chi connectivity index (χ0n) is 26.3. The van der Waals surface area contributed by atoms with Gasteiger partial charge in [0.05, 0.1) is 6.04 Å². The van der Waals surface area contributed by atoms with Crippen LogP contribution in [0.2, 0.25) is 0 Å². The number of hydrogen-bond acceptors (Lipinski definition) is 7. The Morgan fingerprint density at radius 2 is 1.64 bits per heavy atom. The van der Waals surface area contributed by atoms with E-state index in [0.29, 0.717) is 35.5 Å². The van der Waals surface area contributed by atoms with Crippen molar-refractivity contribution in [1.29, 1.82) is 0 Å². The predicted molar refractivity (Wildman–Crippen MR) is 174 cm³/mol. The molecule has 3 aromatic rings. The molecule has 0 saturated carbocycles. The molecule has 0 bridgehead atoms. The number of para-hydroxylation sites is 1. The number of nitrogens with two attached hydrogens (primary N) is 1. The van der Waals surface area contributed by atoms with Crippen molar-refractivity contribution in [3.63, 3.8) is 0 Å². The lowest BCUT2D eigenvalue weighted by Gasteiger charge is -2.43. The van der Waals surface area contributed by atoms with Gasteiger partial charge in [-0.3, -0.25) is 14.5 Å². The van der Waals surface area contributed by atoms with E-state index in [9.17, 15) is 19.2 Å². The molecule has 1 aliphatic rings. The van der Waals surface area contributed by atoms with Gasteiger partial charge in [0, 0.05) is 35.2 Å². The van der Waals surface area contributed by atoms with Crippen LogP contribution in [0.1, 0.15) is 64.6 Å². The highest BCUT2D eigenvalue weighted by molar-refractivity contribution is 5.97. The van der Waals surface area contributed by atoms with E-state index in [-0.39, 0.29) is 31.1 Å². The topological polar surface area (TPSA) is 143 Å². The van der Waals surface area contributed by atoms with Crippen LogP contribution < -0.4 is 26.2 Å². The third kappa shape index (κ3) is 8.53. The number of benzene rings is 3. The summed E-state index contributed by atoms with van der Waals surface area (Å²) in [6.07, 6.45) is -0.342. The normalized spacial score (nSPS) is 15.8. The van der Waals surface area contributed by atoms with Gasteiger partial charge >= 0.3 is 12.2 Å². The Morgan fingerprint density at radius 1 is 0.978 bits per heavy atom. The van der Waals surface area contributed by atoms with E-state index < -0.39 is 23.7 Å². The summed E-state index contributed by atoms with van der Waals surface area (Å²) in [7, 11) is 0. The molecule has 0 saturated heterocycles. The van der Waals surface area contributed by atoms with E-state index in [1.54, 1.807) is 74.2 Å². The standard InChI is InChI=1S/C34H41N5O6/c1-6-31(41)38-22(2)19-29(27-9-7-8-10-28(27)38)39(26-17-13-24(35)14-18-26)33(43)44-21-23-11-15-25(16-12-23)37-30(40)20-36-32(42)45-34(3,4)5/h7-18,22,29H,6,19-21,35H2,1-5H3,(H,36,42)(H,37,40)/t22-,29+/m0/s1. The number of nitrogen functional groups attached to an aromatic ring is 1. The van der Waals surface area contributed by atoms with Gasteiger partial charge in [0.2, 0.25) is 11.8 Å². The number of carbonyl (C=O) groups is 4. The van der Waals surface area contributed by atoms with Gasteiger partial charge in [0.15, 0.2) is 0 Å². The maximum Gasteiger partial charge on any atom is 0.415 e. The highest BCUT2D eigenvalue weighted by atomic mass is 16.6. The summed E-state index contributed by atoms with van der Waals surface area (Å²) < 4.78 is 11.0. The maximum absolute atomic E-state index is 13.8. The number of carbonyl (C=O) groups excluding carboxylic acids is 4. The number of nitrogens with zero attached hydrogens (tertiary/aromatic N) is 2. The fraction of sp³-hybridized carbons (Fsp3) is 0.353. The Kier molecular flexibility index (Phi) is 10.3. The SMILES string of the molecule is CCC(=O)N1c2ccccc2[C@H](N(C(=O)OCc2ccc(NC(=O)CNC(=O)OC(C)(C)C)cc2)c2ccc(N)cc2)C[C@@H]1C. The second kappa shape index (κ2) is 14.1. The molecule has 1 heterocycles. The van der Waals surface area contributed by atoms with E-state index >= 15 is 0 Å². The van der Waals surface area contributed by atoms with Gasteiger partial charge < -0.3 is 30.7 Å².